The number of amides is 1. The Morgan fingerprint density at radius 3 is 2.83 bits per heavy atom. The lowest BCUT2D eigenvalue weighted by molar-refractivity contribution is 0.0601. The Hall–Kier alpha value is -2.50. The summed E-state index contributed by atoms with van der Waals surface area (Å²) in [5.41, 5.74) is 1.22. The van der Waals surface area contributed by atoms with Crippen molar-refractivity contribution in [3.63, 3.8) is 0 Å². The quantitative estimate of drug-likeness (QED) is 0.807. The van der Waals surface area contributed by atoms with Crippen LogP contribution in [0.25, 0.3) is 0 Å². The maximum atomic E-state index is 12.6. The lowest BCUT2D eigenvalue weighted by Gasteiger charge is -2.31. The molecule has 1 amide bonds. The van der Waals surface area contributed by atoms with Gasteiger partial charge in [-0.05, 0) is 30.9 Å². The van der Waals surface area contributed by atoms with E-state index in [1.807, 2.05) is 13.8 Å². The maximum Gasteiger partial charge on any atom is 0.292 e. The van der Waals surface area contributed by atoms with Crippen LogP contribution in [0.15, 0.2) is 35.0 Å². The number of piperidine rings is 1. The summed E-state index contributed by atoms with van der Waals surface area (Å²) in [7, 11) is 0. The summed E-state index contributed by atoms with van der Waals surface area (Å²) in [5, 5.41) is 3.93. The van der Waals surface area contributed by atoms with Crippen LogP contribution in [0.5, 0.6) is 0 Å². The Bertz CT molecular complexity index is 724. The van der Waals surface area contributed by atoms with Crippen molar-refractivity contribution >= 4 is 11.7 Å². The predicted octanol–water partition coefficient (Wildman–Crippen LogP) is 2.93. The van der Waals surface area contributed by atoms with E-state index in [0.717, 1.165) is 18.5 Å². The minimum Gasteiger partial charge on any atom is -0.351 e. The molecule has 6 heteroatoms. The number of aromatic nitrogens is 2. The first kappa shape index (κ1) is 16.4. The second kappa shape index (κ2) is 6.95. The molecular formula is C18H21N3O3. The van der Waals surface area contributed by atoms with Crippen molar-refractivity contribution in [3.8, 4) is 0 Å². The minimum atomic E-state index is -0.218. The molecular weight excluding hydrogens is 306 g/mol. The van der Waals surface area contributed by atoms with Crippen molar-refractivity contribution in [1.82, 2.24) is 15.0 Å². The second-order valence-corrected chi connectivity index (χ2v) is 6.44. The van der Waals surface area contributed by atoms with Gasteiger partial charge in [0.05, 0.1) is 5.69 Å². The third-order valence-electron chi connectivity index (χ3n) is 4.33. The highest BCUT2D eigenvalue weighted by molar-refractivity contribution is 5.97. The fraction of sp³-hybridized carbons (Fsp3) is 0.444. The number of rotatable bonds is 4. The number of carbonyl (C=O) groups excluding carboxylic acids is 2. The number of pyridine rings is 1. The summed E-state index contributed by atoms with van der Waals surface area (Å²) in [6, 6.07) is 6.99. The van der Waals surface area contributed by atoms with E-state index >= 15 is 0 Å². The first-order chi connectivity index (χ1) is 11.6. The third-order valence-corrected chi connectivity index (χ3v) is 4.33. The first-order valence-electron chi connectivity index (χ1n) is 8.27. The van der Waals surface area contributed by atoms with Crippen molar-refractivity contribution in [1.29, 1.82) is 0 Å². The summed E-state index contributed by atoms with van der Waals surface area (Å²) >= 11 is 0. The number of Topliss-reactive ketones (excluding diaryl/α,β-unsaturated/α-hetero) is 1. The van der Waals surface area contributed by atoms with Crippen LogP contribution in [0, 0.1) is 5.92 Å². The van der Waals surface area contributed by atoms with Gasteiger partial charge >= 0.3 is 0 Å². The van der Waals surface area contributed by atoms with Crippen LogP contribution in [0.1, 0.15) is 59.3 Å². The molecule has 2 aromatic heterocycles. The average molecular weight is 327 g/mol. The van der Waals surface area contributed by atoms with E-state index < -0.39 is 0 Å². The van der Waals surface area contributed by atoms with Crippen LogP contribution >= 0.6 is 0 Å². The summed E-state index contributed by atoms with van der Waals surface area (Å²) in [6.07, 6.45) is 3.17. The van der Waals surface area contributed by atoms with Gasteiger partial charge in [0.1, 0.15) is 5.69 Å². The molecule has 6 nitrogen and oxygen atoms in total. The average Bonchev–Trinajstić information content (AvgIpc) is 3.12. The van der Waals surface area contributed by atoms with Crippen molar-refractivity contribution in [2.24, 2.45) is 5.92 Å². The van der Waals surface area contributed by atoms with Crippen LogP contribution in [0.2, 0.25) is 0 Å². The highest BCUT2D eigenvalue weighted by Crippen LogP contribution is 2.23. The zero-order chi connectivity index (χ0) is 17.1. The molecule has 1 aliphatic rings. The number of hydrogen-bond donors (Lipinski definition) is 0. The predicted molar refractivity (Wildman–Crippen MR) is 87.8 cm³/mol. The normalized spacial score (nSPS) is 18.0. The molecule has 1 saturated heterocycles. The van der Waals surface area contributed by atoms with Gasteiger partial charge in [0, 0.05) is 31.3 Å². The van der Waals surface area contributed by atoms with Crippen molar-refractivity contribution in [2.75, 3.05) is 13.1 Å². The van der Waals surface area contributed by atoms with E-state index in [4.69, 9.17) is 4.52 Å². The zero-order valence-corrected chi connectivity index (χ0v) is 13.9. The van der Waals surface area contributed by atoms with Gasteiger partial charge in [-0.2, -0.15) is 0 Å². The Labute approximate surface area is 140 Å². The van der Waals surface area contributed by atoms with E-state index in [1.165, 1.54) is 0 Å². The molecule has 126 valence electrons. The second-order valence-electron chi connectivity index (χ2n) is 6.44. The van der Waals surface area contributed by atoms with E-state index in [1.54, 1.807) is 35.4 Å². The van der Waals surface area contributed by atoms with Gasteiger partial charge in [0.25, 0.3) is 5.91 Å². The number of hydrogen-bond acceptors (Lipinski definition) is 5. The molecule has 3 heterocycles. The fourth-order valence-corrected chi connectivity index (χ4v) is 2.91. The summed E-state index contributed by atoms with van der Waals surface area (Å²) in [5.74, 6) is 0.0197. The molecule has 0 aromatic carbocycles. The molecule has 1 atom stereocenters. The van der Waals surface area contributed by atoms with Gasteiger partial charge < -0.3 is 9.42 Å². The Kier molecular flexibility index (Phi) is 4.74. The highest BCUT2D eigenvalue weighted by Gasteiger charge is 2.31. The molecule has 2 aromatic rings. The lowest BCUT2D eigenvalue weighted by Crippen LogP contribution is -2.42. The van der Waals surface area contributed by atoms with Crippen molar-refractivity contribution < 1.29 is 14.1 Å². The van der Waals surface area contributed by atoms with Gasteiger partial charge in [-0.3, -0.25) is 14.6 Å². The summed E-state index contributed by atoms with van der Waals surface area (Å²) in [4.78, 5) is 31.0. The number of ketones is 1. The first-order valence-corrected chi connectivity index (χ1v) is 8.27. The monoisotopic (exact) mass is 327 g/mol. The van der Waals surface area contributed by atoms with Crippen LogP contribution in [0.4, 0.5) is 0 Å². The van der Waals surface area contributed by atoms with E-state index in [0.29, 0.717) is 18.8 Å². The fourth-order valence-electron chi connectivity index (χ4n) is 2.91. The molecule has 1 fully saturated rings. The van der Waals surface area contributed by atoms with Crippen LogP contribution in [0.3, 0.4) is 0 Å². The Balaban J connectivity index is 1.70. The van der Waals surface area contributed by atoms with E-state index in [2.05, 4.69) is 10.1 Å². The molecule has 0 N–H and O–H groups in total. The lowest BCUT2D eigenvalue weighted by atomic mass is 9.91. The Morgan fingerprint density at radius 1 is 1.33 bits per heavy atom. The molecule has 0 aliphatic carbocycles. The van der Waals surface area contributed by atoms with Gasteiger partial charge in [-0.25, -0.2) is 0 Å². The van der Waals surface area contributed by atoms with Gasteiger partial charge in [-0.15, -0.1) is 0 Å². The molecule has 0 bridgehead atoms. The molecule has 1 aliphatic heterocycles. The molecule has 0 saturated carbocycles. The Morgan fingerprint density at radius 2 is 2.17 bits per heavy atom. The van der Waals surface area contributed by atoms with Crippen LogP contribution in [-0.2, 0) is 0 Å². The SMILES string of the molecule is CC(C)c1cc(C(=O)N2CCC[C@H](C(=O)c3ccccn3)C2)on1. The summed E-state index contributed by atoms with van der Waals surface area (Å²) in [6.45, 7) is 5.01. The minimum absolute atomic E-state index is 0.00598. The number of nitrogens with zero attached hydrogens (tertiary/aromatic N) is 3. The summed E-state index contributed by atoms with van der Waals surface area (Å²) < 4.78 is 5.18. The van der Waals surface area contributed by atoms with Crippen LogP contribution < -0.4 is 0 Å². The molecule has 0 unspecified atom stereocenters. The van der Waals surface area contributed by atoms with E-state index in [9.17, 15) is 9.59 Å². The van der Waals surface area contributed by atoms with Crippen molar-refractivity contribution in [2.45, 2.75) is 32.6 Å². The third kappa shape index (κ3) is 3.37. The standard InChI is InChI=1S/C18H21N3O3/c1-12(2)15-10-16(24-20-15)18(23)21-9-5-6-13(11-21)17(22)14-7-3-4-8-19-14/h3-4,7-8,10,12-13H,5-6,9,11H2,1-2H3/t13-/m0/s1. The smallest absolute Gasteiger partial charge is 0.292 e. The highest BCUT2D eigenvalue weighted by atomic mass is 16.5. The number of carbonyl (C=O) groups is 2. The van der Waals surface area contributed by atoms with Gasteiger partial charge in [-0.1, -0.05) is 25.1 Å². The molecule has 0 spiro atoms. The van der Waals surface area contributed by atoms with Crippen molar-refractivity contribution in [3.05, 3.63) is 47.6 Å². The molecule has 0 radical (unpaired) electrons. The van der Waals surface area contributed by atoms with E-state index in [-0.39, 0.29) is 29.3 Å². The van der Waals surface area contributed by atoms with Gasteiger partial charge in [0.15, 0.2) is 5.78 Å². The largest absolute Gasteiger partial charge is 0.351 e. The molecule has 3 rings (SSSR count). The maximum absolute atomic E-state index is 12.6. The zero-order valence-electron chi connectivity index (χ0n) is 13.9. The molecule has 24 heavy (non-hydrogen) atoms. The van der Waals surface area contributed by atoms with Gasteiger partial charge in [0.2, 0.25) is 5.76 Å². The van der Waals surface area contributed by atoms with Crippen LogP contribution in [-0.4, -0.2) is 39.8 Å². The topological polar surface area (TPSA) is 76.3 Å². The number of likely N-dealkylation sites (tertiary alicyclic amines) is 1.